The fraction of sp³-hybridized carbons (Fsp3) is 0.227. The van der Waals surface area contributed by atoms with Crippen molar-refractivity contribution in [3.8, 4) is 0 Å². The van der Waals surface area contributed by atoms with Gasteiger partial charge in [-0.05, 0) is 29.7 Å². The van der Waals surface area contributed by atoms with Crippen LogP contribution < -0.4 is 10.6 Å². The van der Waals surface area contributed by atoms with Gasteiger partial charge in [-0.1, -0.05) is 38.1 Å². The van der Waals surface area contributed by atoms with Crippen molar-refractivity contribution in [1.82, 2.24) is 15.6 Å². The average molecular weight is 409 g/mol. The maximum atomic E-state index is 12.8. The second-order valence-electron chi connectivity index (χ2n) is 7.18. The molecule has 0 aliphatic carbocycles. The zero-order valence-electron chi connectivity index (χ0n) is 16.6. The minimum Gasteiger partial charge on any atom is -0.480 e. The van der Waals surface area contributed by atoms with Crippen LogP contribution in [0.1, 0.15) is 30.0 Å². The smallest absolute Gasteiger partial charge is 0.326 e. The van der Waals surface area contributed by atoms with Gasteiger partial charge in [0, 0.05) is 23.5 Å². The van der Waals surface area contributed by atoms with Crippen molar-refractivity contribution < 1.29 is 23.9 Å². The molecule has 0 unspecified atom stereocenters. The van der Waals surface area contributed by atoms with Crippen LogP contribution in [0.5, 0.6) is 0 Å². The summed E-state index contributed by atoms with van der Waals surface area (Å²) >= 11 is 0. The molecular weight excluding hydrogens is 386 g/mol. The van der Waals surface area contributed by atoms with E-state index in [9.17, 15) is 19.5 Å². The molecule has 2 aromatic heterocycles. The molecule has 0 aliphatic rings. The Balaban J connectivity index is 1.77. The molecule has 0 bridgehead atoms. The van der Waals surface area contributed by atoms with E-state index in [0.29, 0.717) is 0 Å². The molecule has 0 aliphatic heterocycles. The SMILES string of the molecule is CC(C)/C=C(\NC(=O)c1ccco1)C(=O)N[C@@H](Cc1c[nH]c2ccccc12)C(=O)O. The average Bonchev–Trinajstić information content (AvgIpc) is 3.37. The van der Waals surface area contributed by atoms with Gasteiger partial charge in [0.15, 0.2) is 5.76 Å². The molecule has 0 radical (unpaired) electrons. The number of H-pyrrole nitrogens is 1. The molecule has 3 aromatic rings. The Hall–Kier alpha value is -3.81. The highest BCUT2D eigenvalue weighted by Crippen LogP contribution is 2.19. The number of benzene rings is 1. The largest absolute Gasteiger partial charge is 0.480 e. The molecule has 1 aromatic carbocycles. The maximum Gasteiger partial charge on any atom is 0.326 e. The number of amides is 2. The van der Waals surface area contributed by atoms with Gasteiger partial charge in [-0.25, -0.2) is 4.79 Å². The number of fused-ring (bicyclic) bond motifs is 1. The highest BCUT2D eigenvalue weighted by Gasteiger charge is 2.25. The summed E-state index contributed by atoms with van der Waals surface area (Å²) in [6, 6.07) is 9.37. The van der Waals surface area contributed by atoms with E-state index in [0.717, 1.165) is 16.5 Å². The van der Waals surface area contributed by atoms with Crippen LogP contribution in [-0.4, -0.2) is 33.9 Å². The monoisotopic (exact) mass is 409 g/mol. The van der Waals surface area contributed by atoms with Crippen molar-refractivity contribution in [2.24, 2.45) is 5.92 Å². The number of carbonyl (C=O) groups is 3. The Morgan fingerprint density at radius 2 is 1.93 bits per heavy atom. The minimum absolute atomic E-state index is 0.0309. The lowest BCUT2D eigenvalue weighted by atomic mass is 10.0. The van der Waals surface area contributed by atoms with Crippen molar-refractivity contribution in [3.63, 3.8) is 0 Å². The fourth-order valence-electron chi connectivity index (χ4n) is 3.06. The number of aromatic amines is 1. The van der Waals surface area contributed by atoms with Gasteiger partial charge in [-0.15, -0.1) is 0 Å². The van der Waals surface area contributed by atoms with Gasteiger partial charge in [-0.2, -0.15) is 0 Å². The molecule has 0 saturated heterocycles. The summed E-state index contributed by atoms with van der Waals surface area (Å²) in [5, 5.41) is 15.5. The van der Waals surface area contributed by atoms with Crippen molar-refractivity contribution >= 4 is 28.7 Å². The number of nitrogens with one attached hydrogen (secondary N) is 3. The van der Waals surface area contributed by atoms with Crippen LogP contribution in [0.25, 0.3) is 10.9 Å². The third-order valence-corrected chi connectivity index (χ3v) is 4.44. The number of furan rings is 1. The lowest BCUT2D eigenvalue weighted by Crippen LogP contribution is -2.45. The summed E-state index contributed by atoms with van der Waals surface area (Å²) in [6.45, 7) is 3.68. The van der Waals surface area contributed by atoms with Gasteiger partial charge in [0.25, 0.3) is 11.8 Å². The molecule has 8 nitrogen and oxygen atoms in total. The zero-order valence-corrected chi connectivity index (χ0v) is 16.6. The topological polar surface area (TPSA) is 124 Å². The number of carbonyl (C=O) groups excluding carboxylic acids is 2. The van der Waals surface area contributed by atoms with Crippen LogP contribution in [0.15, 0.2) is 65.0 Å². The summed E-state index contributed by atoms with van der Waals surface area (Å²) in [7, 11) is 0. The first-order valence-corrected chi connectivity index (χ1v) is 9.50. The number of hydrogen-bond acceptors (Lipinski definition) is 4. The molecule has 0 fully saturated rings. The molecule has 8 heteroatoms. The first kappa shape index (κ1) is 20.9. The third kappa shape index (κ3) is 4.96. The number of carboxylic acid groups (broad SMARTS) is 1. The Morgan fingerprint density at radius 1 is 1.17 bits per heavy atom. The minimum atomic E-state index is -1.17. The van der Waals surface area contributed by atoms with Crippen LogP contribution in [0.2, 0.25) is 0 Å². The molecular formula is C22H23N3O5. The zero-order chi connectivity index (χ0) is 21.7. The van der Waals surface area contributed by atoms with E-state index in [1.165, 1.54) is 12.3 Å². The molecule has 0 spiro atoms. The van der Waals surface area contributed by atoms with E-state index in [1.54, 1.807) is 18.3 Å². The number of aliphatic carboxylic acids is 1. The summed E-state index contributed by atoms with van der Waals surface area (Å²) in [6.07, 6.45) is 4.73. The van der Waals surface area contributed by atoms with E-state index < -0.39 is 23.8 Å². The highest BCUT2D eigenvalue weighted by molar-refractivity contribution is 6.02. The Morgan fingerprint density at radius 3 is 2.60 bits per heavy atom. The number of para-hydroxylation sites is 1. The molecule has 30 heavy (non-hydrogen) atoms. The second kappa shape index (κ2) is 9.13. The summed E-state index contributed by atoms with van der Waals surface area (Å²) < 4.78 is 5.04. The predicted molar refractivity (Wildman–Crippen MR) is 111 cm³/mol. The number of rotatable bonds is 8. The Labute approximate surface area is 173 Å². The van der Waals surface area contributed by atoms with Crippen LogP contribution in [0.4, 0.5) is 0 Å². The lowest BCUT2D eigenvalue weighted by Gasteiger charge is -2.17. The first-order chi connectivity index (χ1) is 14.3. The molecule has 3 rings (SSSR count). The summed E-state index contributed by atoms with van der Waals surface area (Å²) in [5.74, 6) is -2.46. The first-order valence-electron chi connectivity index (χ1n) is 9.50. The van der Waals surface area contributed by atoms with Gasteiger partial charge < -0.3 is 25.1 Å². The Bertz CT molecular complexity index is 1080. The normalized spacial score (nSPS) is 12.7. The predicted octanol–water partition coefficient (Wildman–Crippen LogP) is 2.84. The van der Waals surface area contributed by atoms with Gasteiger partial charge in [0.05, 0.1) is 6.26 Å². The van der Waals surface area contributed by atoms with Gasteiger partial charge >= 0.3 is 5.97 Å². The van der Waals surface area contributed by atoms with Gasteiger partial charge in [0.1, 0.15) is 11.7 Å². The quantitative estimate of drug-likeness (QED) is 0.426. The van der Waals surface area contributed by atoms with E-state index in [-0.39, 0.29) is 23.8 Å². The second-order valence-corrected chi connectivity index (χ2v) is 7.18. The Kier molecular flexibility index (Phi) is 6.36. The summed E-state index contributed by atoms with van der Waals surface area (Å²) in [5.41, 5.74) is 1.62. The van der Waals surface area contributed by atoms with Crippen LogP contribution in [0, 0.1) is 5.92 Å². The van der Waals surface area contributed by atoms with Crippen molar-refractivity contribution in [2.75, 3.05) is 0 Å². The van der Waals surface area contributed by atoms with Crippen molar-refractivity contribution in [1.29, 1.82) is 0 Å². The van der Waals surface area contributed by atoms with Crippen LogP contribution in [0.3, 0.4) is 0 Å². The molecule has 4 N–H and O–H groups in total. The van der Waals surface area contributed by atoms with Crippen LogP contribution in [-0.2, 0) is 16.0 Å². The number of hydrogen-bond donors (Lipinski definition) is 4. The molecule has 0 saturated carbocycles. The van der Waals surface area contributed by atoms with Crippen molar-refractivity contribution in [2.45, 2.75) is 26.3 Å². The summed E-state index contributed by atoms with van der Waals surface area (Å²) in [4.78, 5) is 40.0. The van der Waals surface area contributed by atoms with E-state index in [4.69, 9.17) is 4.42 Å². The molecule has 1 atom stereocenters. The van der Waals surface area contributed by atoms with E-state index in [2.05, 4.69) is 15.6 Å². The van der Waals surface area contributed by atoms with Crippen LogP contribution >= 0.6 is 0 Å². The fourth-order valence-corrected chi connectivity index (χ4v) is 3.06. The lowest BCUT2D eigenvalue weighted by molar-refractivity contribution is -0.141. The van der Waals surface area contributed by atoms with E-state index >= 15 is 0 Å². The number of carboxylic acids is 1. The standard InChI is InChI=1S/C22H23N3O5/c1-13(2)10-17(24-21(27)19-8-5-9-30-19)20(26)25-18(22(28)29)11-14-12-23-16-7-4-3-6-15(14)16/h3-10,12-13,18,23H,11H2,1-2H3,(H,24,27)(H,25,26)(H,28,29)/b17-10-/t18-/m0/s1. The third-order valence-electron chi connectivity index (χ3n) is 4.44. The van der Waals surface area contributed by atoms with Crippen molar-refractivity contribution in [3.05, 3.63) is 72.0 Å². The molecule has 2 heterocycles. The van der Waals surface area contributed by atoms with Gasteiger partial charge in [0.2, 0.25) is 0 Å². The van der Waals surface area contributed by atoms with Gasteiger partial charge in [-0.3, -0.25) is 9.59 Å². The number of aromatic nitrogens is 1. The van der Waals surface area contributed by atoms with E-state index in [1.807, 2.05) is 38.1 Å². The number of allylic oxidation sites excluding steroid dienone is 1. The molecule has 156 valence electrons. The maximum absolute atomic E-state index is 12.8. The molecule has 2 amide bonds. The highest BCUT2D eigenvalue weighted by atomic mass is 16.4.